The van der Waals surface area contributed by atoms with Gasteiger partial charge in [-0.3, -0.25) is 0 Å². The molecule has 0 aliphatic rings. The van der Waals surface area contributed by atoms with Crippen molar-refractivity contribution in [3.63, 3.8) is 0 Å². The minimum Gasteiger partial charge on any atom is -0.207 e. The molecule has 0 bridgehead atoms. The molecule has 0 aromatic heterocycles. The molecule has 0 spiro atoms. The molecule has 0 saturated carbocycles. The molecule has 1 aromatic rings. The monoisotopic (exact) mass is 333 g/mol. The van der Waals surface area contributed by atoms with Crippen molar-refractivity contribution >= 4 is 26.0 Å². The third-order valence-corrected chi connectivity index (χ3v) is 5.44. The zero-order valence-corrected chi connectivity index (χ0v) is 13.5. The number of halogens is 1. The van der Waals surface area contributed by atoms with Gasteiger partial charge in [0.15, 0.2) is 0 Å². The second-order valence-electron chi connectivity index (χ2n) is 4.49. The van der Waals surface area contributed by atoms with Crippen molar-refractivity contribution < 1.29 is 8.42 Å². The van der Waals surface area contributed by atoms with E-state index in [1.54, 1.807) is 16.4 Å². The summed E-state index contributed by atoms with van der Waals surface area (Å²) in [6.45, 7) is 6.35. The first-order valence-electron chi connectivity index (χ1n) is 6.10. The summed E-state index contributed by atoms with van der Waals surface area (Å²) in [5.74, 6) is 0. The standard InChI is InChI=1S/C13H20BrNO2S/c1-4-9-15(11(2)3)18(16,17)13-7-5-12(10-14)6-8-13/h5-8,11H,4,9-10H2,1-3H3. The highest BCUT2D eigenvalue weighted by Crippen LogP contribution is 2.19. The molecule has 0 atom stereocenters. The Labute approximate surface area is 118 Å². The van der Waals surface area contributed by atoms with Crippen molar-refractivity contribution in [3.05, 3.63) is 29.8 Å². The maximum Gasteiger partial charge on any atom is 0.243 e. The number of nitrogens with zero attached hydrogens (tertiary/aromatic N) is 1. The van der Waals surface area contributed by atoms with Crippen LogP contribution in [-0.2, 0) is 15.4 Å². The van der Waals surface area contributed by atoms with Crippen LogP contribution >= 0.6 is 15.9 Å². The molecular formula is C13H20BrNO2S. The molecule has 1 rings (SSSR count). The van der Waals surface area contributed by atoms with E-state index >= 15 is 0 Å². The normalized spacial score (nSPS) is 12.3. The van der Waals surface area contributed by atoms with Gasteiger partial charge in [-0.15, -0.1) is 0 Å². The Bertz CT molecular complexity index is 468. The van der Waals surface area contributed by atoms with Gasteiger partial charge in [0.25, 0.3) is 0 Å². The Balaban J connectivity index is 3.09. The van der Waals surface area contributed by atoms with Gasteiger partial charge in [0.05, 0.1) is 4.90 Å². The van der Waals surface area contributed by atoms with Crippen LogP contribution in [-0.4, -0.2) is 25.3 Å². The molecule has 0 radical (unpaired) electrons. The van der Waals surface area contributed by atoms with Gasteiger partial charge in [0.1, 0.15) is 0 Å². The largest absolute Gasteiger partial charge is 0.243 e. The van der Waals surface area contributed by atoms with Crippen molar-refractivity contribution in [2.75, 3.05) is 6.54 Å². The summed E-state index contributed by atoms with van der Waals surface area (Å²) >= 11 is 3.35. The maximum atomic E-state index is 12.5. The van der Waals surface area contributed by atoms with E-state index in [0.717, 1.165) is 17.3 Å². The second-order valence-corrected chi connectivity index (χ2v) is 6.94. The first-order valence-corrected chi connectivity index (χ1v) is 8.66. The average molecular weight is 334 g/mol. The molecule has 0 unspecified atom stereocenters. The lowest BCUT2D eigenvalue weighted by Crippen LogP contribution is -2.37. The van der Waals surface area contributed by atoms with Crippen LogP contribution in [0.3, 0.4) is 0 Å². The zero-order chi connectivity index (χ0) is 13.8. The third-order valence-electron chi connectivity index (χ3n) is 2.70. The highest BCUT2D eigenvalue weighted by Gasteiger charge is 2.25. The Morgan fingerprint density at radius 3 is 2.17 bits per heavy atom. The van der Waals surface area contributed by atoms with Crippen LogP contribution in [0.4, 0.5) is 0 Å². The van der Waals surface area contributed by atoms with Gasteiger partial charge in [-0.05, 0) is 38.0 Å². The van der Waals surface area contributed by atoms with Crippen molar-refractivity contribution in [1.82, 2.24) is 4.31 Å². The summed E-state index contributed by atoms with van der Waals surface area (Å²) in [7, 11) is -3.37. The number of sulfonamides is 1. The third kappa shape index (κ3) is 3.56. The van der Waals surface area contributed by atoms with E-state index in [1.807, 2.05) is 32.9 Å². The first kappa shape index (κ1) is 15.7. The molecule has 0 aliphatic heterocycles. The molecule has 5 heteroatoms. The van der Waals surface area contributed by atoms with Crippen molar-refractivity contribution in [2.45, 2.75) is 43.5 Å². The molecule has 0 N–H and O–H groups in total. The second kappa shape index (κ2) is 6.68. The SMILES string of the molecule is CCCN(C(C)C)S(=O)(=O)c1ccc(CBr)cc1. The lowest BCUT2D eigenvalue weighted by atomic mass is 10.2. The van der Waals surface area contributed by atoms with E-state index in [9.17, 15) is 8.42 Å². The van der Waals surface area contributed by atoms with Crippen LogP contribution < -0.4 is 0 Å². The molecule has 0 fully saturated rings. The van der Waals surface area contributed by atoms with Gasteiger partial charge in [-0.1, -0.05) is 35.0 Å². The minimum absolute atomic E-state index is 0.0224. The average Bonchev–Trinajstić information content (AvgIpc) is 2.35. The summed E-state index contributed by atoms with van der Waals surface area (Å²) in [4.78, 5) is 0.370. The van der Waals surface area contributed by atoms with Gasteiger partial charge in [0, 0.05) is 17.9 Å². The van der Waals surface area contributed by atoms with Crippen LogP contribution in [0.1, 0.15) is 32.8 Å². The van der Waals surface area contributed by atoms with E-state index in [0.29, 0.717) is 11.4 Å². The number of rotatable bonds is 6. The van der Waals surface area contributed by atoms with Gasteiger partial charge in [0.2, 0.25) is 10.0 Å². The van der Waals surface area contributed by atoms with E-state index < -0.39 is 10.0 Å². The lowest BCUT2D eigenvalue weighted by Gasteiger charge is -2.25. The molecule has 0 aliphatic carbocycles. The number of alkyl halides is 1. The Morgan fingerprint density at radius 1 is 1.22 bits per heavy atom. The Morgan fingerprint density at radius 2 is 1.78 bits per heavy atom. The Hall–Kier alpha value is -0.390. The van der Waals surface area contributed by atoms with Crippen LogP contribution in [0.5, 0.6) is 0 Å². The van der Waals surface area contributed by atoms with Crippen LogP contribution in [0.2, 0.25) is 0 Å². The first-order chi connectivity index (χ1) is 8.43. The summed E-state index contributed by atoms with van der Waals surface area (Å²) in [6.07, 6.45) is 0.816. The fraction of sp³-hybridized carbons (Fsp3) is 0.538. The molecule has 102 valence electrons. The summed E-state index contributed by atoms with van der Waals surface area (Å²) < 4.78 is 26.5. The van der Waals surface area contributed by atoms with E-state index in [-0.39, 0.29) is 6.04 Å². The molecular weight excluding hydrogens is 314 g/mol. The van der Waals surface area contributed by atoms with Gasteiger partial charge in [-0.25, -0.2) is 8.42 Å². The van der Waals surface area contributed by atoms with E-state index in [2.05, 4.69) is 15.9 Å². The fourth-order valence-electron chi connectivity index (χ4n) is 1.76. The molecule has 0 saturated heterocycles. The smallest absolute Gasteiger partial charge is 0.207 e. The summed E-state index contributed by atoms with van der Waals surface area (Å²) in [5, 5.41) is 0.732. The highest BCUT2D eigenvalue weighted by molar-refractivity contribution is 9.08. The van der Waals surface area contributed by atoms with Crippen molar-refractivity contribution in [3.8, 4) is 0 Å². The number of hydrogen-bond acceptors (Lipinski definition) is 2. The summed E-state index contributed by atoms with van der Waals surface area (Å²) in [5.41, 5.74) is 1.07. The van der Waals surface area contributed by atoms with Crippen LogP contribution in [0.15, 0.2) is 29.2 Å². The van der Waals surface area contributed by atoms with Gasteiger partial charge in [-0.2, -0.15) is 4.31 Å². The van der Waals surface area contributed by atoms with Gasteiger partial charge < -0.3 is 0 Å². The number of hydrogen-bond donors (Lipinski definition) is 0. The van der Waals surface area contributed by atoms with Gasteiger partial charge >= 0.3 is 0 Å². The van der Waals surface area contributed by atoms with Crippen LogP contribution in [0, 0.1) is 0 Å². The van der Waals surface area contributed by atoms with E-state index in [4.69, 9.17) is 0 Å². The van der Waals surface area contributed by atoms with Crippen LogP contribution in [0.25, 0.3) is 0 Å². The van der Waals surface area contributed by atoms with E-state index in [1.165, 1.54) is 0 Å². The lowest BCUT2D eigenvalue weighted by molar-refractivity contribution is 0.354. The molecule has 3 nitrogen and oxygen atoms in total. The molecule has 1 aromatic carbocycles. The predicted octanol–water partition coefficient (Wildman–Crippen LogP) is 3.39. The quantitative estimate of drug-likeness (QED) is 0.748. The Kier molecular flexibility index (Phi) is 5.82. The topological polar surface area (TPSA) is 37.4 Å². The number of benzene rings is 1. The predicted molar refractivity (Wildman–Crippen MR) is 78.4 cm³/mol. The summed E-state index contributed by atoms with van der Waals surface area (Å²) in [6, 6.07) is 7.01. The minimum atomic E-state index is -3.37. The van der Waals surface area contributed by atoms with Crippen molar-refractivity contribution in [1.29, 1.82) is 0 Å². The fourth-order valence-corrected chi connectivity index (χ4v) is 3.86. The van der Waals surface area contributed by atoms with Crippen molar-refractivity contribution in [2.24, 2.45) is 0 Å². The molecule has 0 amide bonds. The maximum absolute atomic E-state index is 12.5. The molecule has 0 heterocycles. The molecule has 18 heavy (non-hydrogen) atoms. The zero-order valence-electron chi connectivity index (χ0n) is 11.1. The highest BCUT2D eigenvalue weighted by atomic mass is 79.9.